The molecule has 1 amide bonds. The highest BCUT2D eigenvalue weighted by atomic mass is 35.5. The quantitative estimate of drug-likeness (QED) is 0.721. The molecule has 0 heterocycles. The molecule has 1 rings (SSSR count). The van der Waals surface area contributed by atoms with Crippen LogP contribution >= 0.6 is 12.4 Å². The van der Waals surface area contributed by atoms with Crippen LogP contribution in [0, 0.1) is 5.82 Å². The Morgan fingerprint density at radius 3 is 2.52 bits per heavy atom. The summed E-state index contributed by atoms with van der Waals surface area (Å²) in [6.07, 6.45) is 4.47. The van der Waals surface area contributed by atoms with E-state index in [2.05, 4.69) is 5.32 Å². The zero-order chi connectivity index (χ0) is 15.0. The van der Waals surface area contributed by atoms with Gasteiger partial charge in [-0.1, -0.05) is 25.0 Å². The van der Waals surface area contributed by atoms with Crippen molar-refractivity contribution in [1.29, 1.82) is 0 Å². The number of unbranched alkanes of at least 4 members (excludes halogenated alkanes) is 3. The number of carbonyl (C=O) groups excluding carboxylic acids is 1. The van der Waals surface area contributed by atoms with Crippen molar-refractivity contribution in [2.24, 2.45) is 5.73 Å². The van der Waals surface area contributed by atoms with Gasteiger partial charge >= 0.3 is 0 Å². The summed E-state index contributed by atoms with van der Waals surface area (Å²) in [5, 5.41) is 2.96. The smallest absolute Gasteiger partial charge is 0.220 e. The van der Waals surface area contributed by atoms with E-state index in [0.717, 1.165) is 31.2 Å². The lowest BCUT2D eigenvalue weighted by molar-refractivity contribution is -0.122. The van der Waals surface area contributed by atoms with Gasteiger partial charge in [-0.25, -0.2) is 4.39 Å². The van der Waals surface area contributed by atoms with Crippen molar-refractivity contribution in [3.63, 3.8) is 0 Å². The van der Waals surface area contributed by atoms with Gasteiger partial charge in [0.2, 0.25) is 5.91 Å². The molecular weight excluding hydrogens is 291 g/mol. The zero-order valence-corrected chi connectivity index (χ0v) is 13.6. The van der Waals surface area contributed by atoms with Crippen LogP contribution in [0.2, 0.25) is 0 Å². The Morgan fingerprint density at radius 2 is 1.90 bits per heavy atom. The third kappa shape index (κ3) is 7.44. The fraction of sp³-hybridized carbons (Fsp3) is 0.562. The van der Waals surface area contributed by atoms with Gasteiger partial charge in [0.15, 0.2) is 0 Å². The third-order valence-corrected chi connectivity index (χ3v) is 3.36. The number of hydrogen-bond donors (Lipinski definition) is 2. The van der Waals surface area contributed by atoms with Crippen LogP contribution in [0.1, 0.15) is 51.5 Å². The normalized spacial score (nSPS) is 10.9. The first-order chi connectivity index (χ1) is 9.45. The second-order valence-electron chi connectivity index (χ2n) is 5.64. The molecular formula is C16H26ClFN2O. The summed E-state index contributed by atoms with van der Waals surface area (Å²) in [4.78, 5) is 11.9. The van der Waals surface area contributed by atoms with Crippen molar-refractivity contribution in [3.05, 3.63) is 35.6 Å². The summed E-state index contributed by atoms with van der Waals surface area (Å²) in [6.45, 7) is 4.47. The molecule has 3 N–H and O–H groups in total. The average Bonchev–Trinajstić information content (AvgIpc) is 2.38. The number of halogens is 2. The molecule has 0 aliphatic carbocycles. The number of nitrogens with two attached hydrogens (primary N) is 1. The molecule has 0 aliphatic rings. The zero-order valence-electron chi connectivity index (χ0n) is 12.8. The second-order valence-corrected chi connectivity index (χ2v) is 5.64. The van der Waals surface area contributed by atoms with Crippen LogP contribution in [0.4, 0.5) is 4.39 Å². The number of benzene rings is 1. The number of hydrogen-bond acceptors (Lipinski definition) is 2. The van der Waals surface area contributed by atoms with Crippen molar-refractivity contribution >= 4 is 18.3 Å². The standard InChI is InChI=1S/C16H25FN2O.ClH/c1-16(2,13-8-7-9-14(17)12-13)19-15(20)10-5-3-4-6-11-18;/h7-9,12H,3-6,10-11,18H2,1-2H3,(H,19,20);1H. The molecule has 0 unspecified atom stereocenters. The van der Waals surface area contributed by atoms with E-state index < -0.39 is 5.54 Å². The predicted octanol–water partition coefficient (Wildman–Crippen LogP) is 3.51. The molecule has 5 heteroatoms. The fourth-order valence-electron chi connectivity index (χ4n) is 2.14. The van der Waals surface area contributed by atoms with Crippen LogP contribution in [0.3, 0.4) is 0 Å². The number of carbonyl (C=O) groups is 1. The lowest BCUT2D eigenvalue weighted by Crippen LogP contribution is -2.40. The Kier molecular flexibility index (Phi) is 9.22. The SMILES string of the molecule is CC(C)(NC(=O)CCCCCCN)c1cccc(F)c1.Cl. The summed E-state index contributed by atoms with van der Waals surface area (Å²) >= 11 is 0. The Bertz CT molecular complexity index is 438. The number of rotatable bonds is 8. The third-order valence-electron chi connectivity index (χ3n) is 3.36. The summed E-state index contributed by atoms with van der Waals surface area (Å²) in [6, 6.07) is 6.34. The van der Waals surface area contributed by atoms with Crippen molar-refractivity contribution in [1.82, 2.24) is 5.32 Å². The highest BCUT2D eigenvalue weighted by Crippen LogP contribution is 2.21. The van der Waals surface area contributed by atoms with E-state index in [4.69, 9.17) is 5.73 Å². The first-order valence-corrected chi connectivity index (χ1v) is 7.23. The van der Waals surface area contributed by atoms with Gasteiger partial charge in [0.1, 0.15) is 5.82 Å². The molecule has 0 fully saturated rings. The maximum Gasteiger partial charge on any atom is 0.220 e. The van der Waals surface area contributed by atoms with E-state index in [1.807, 2.05) is 19.9 Å². The molecule has 120 valence electrons. The van der Waals surface area contributed by atoms with Crippen molar-refractivity contribution in [3.8, 4) is 0 Å². The molecule has 1 aromatic carbocycles. The van der Waals surface area contributed by atoms with Crippen molar-refractivity contribution in [2.45, 2.75) is 51.5 Å². The molecule has 3 nitrogen and oxygen atoms in total. The Labute approximate surface area is 132 Å². The molecule has 0 atom stereocenters. The maximum absolute atomic E-state index is 13.2. The van der Waals surface area contributed by atoms with Crippen LogP contribution in [0.25, 0.3) is 0 Å². The Balaban J connectivity index is 0.00000400. The minimum atomic E-state index is -0.559. The van der Waals surface area contributed by atoms with Gasteiger partial charge in [-0.3, -0.25) is 4.79 Å². The largest absolute Gasteiger partial charge is 0.347 e. The molecule has 0 radical (unpaired) electrons. The molecule has 0 saturated heterocycles. The van der Waals surface area contributed by atoms with Crippen LogP contribution in [-0.4, -0.2) is 12.5 Å². The number of nitrogens with one attached hydrogen (secondary N) is 1. The van der Waals surface area contributed by atoms with E-state index in [-0.39, 0.29) is 24.1 Å². The Morgan fingerprint density at radius 1 is 1.24 bits per heavy atom. The molecule has 0 aliphatic heterocycles. The van der Waals surface area contributed by atoms with Crippen molar-refractivity contribution in [2.75, 3.05) is 6.54 Å². The fourth-order valence-corrected chi connectivity index (χ4v) is 2.14. The first-order valence-electron chi connectivity index (χ1n) is 7.23. The molecule has 0 spiro atoms. The predicted molar refractivity (Wildman–Crippen MR) is 87.0 cm³/mol. The summed E-state index contributed by atoms with van der Waals surface area (Å²) in [5.74, 6) is -0.279. The average molecular weight is 317 g/mol. The van der Waals surface area contributed by atoms with Gasteiger partial charge in [0.25, 0.3) is 0 Å². The van der Waals surface area contributed by atoms with Crippen LogP contribution in [0.5, 0.6) is 0 Å². The second kappa shape index (κ2) is 9.74. The highest BCUT2D eigenvalue weighted by Gasteiger charge is 2.22. The minimum Gasteiger partial charge on any atom is -0.347 e. The van der Waals surface area contributed by atoms with Crippen LogP contribution < -0.4 is 11.1 Å². The molecule has 0 saturated carbocycles. The van der Waals surface area contributed by atoms with Gasteiger partial charge < -0.3 is 11.1 Å². The highest BCUT2D eigenvalue weighted by molar-refractivity contribution is 5.85. The molecule has 21 heavy (non-hydrogen) atoms. The molecule has 1 aromatic rings. The number of amides is 1. The molecule has 0 bridgehead atoms. The summed E-state index contributed by atoms with van der Waals surface area (Å²) < 4.78 is 13.2. The first kappa shape index (κ1) is 19.9. The van der Waals surface area contributed by atoms with Crippen LogP contribution in [0.15, 0.2) is 24.3 Å². The van der Waals surface area contributed by atoms with Gasteiger partial charge in [-0.15, -0.1) is 12.4 Å². The van der Waals surface area contributed by atoms with E-state index in [1.54, 1.807) is 6.07 Å². The summed E-state index contributed by atoms with van der Waals surface area (Å²) in [5.41, 5.74) is 5.63. The summed E-state index contributed by atoms with van der Waals surface area (Å²) in [7, 11) is 0. The Hall–Kier alpha value is -1.13. The van der Waals surface area contributed by atoms with E-state index in [1.165, 1.54) is 12.1 Å². The monoisotopic (exact) mass is 316 g/mol. The van der Waals surface area contributed by atoms with E-state index in [9.17, 15) is 9.18 Å². The van der Waals surface area contributed by atoms with Gasteiger partial charge in [-0.2, -0.15) is 0 Å². The molecule has 0 aromatic heterocycles. The minimum absolute atomic E-state index is 0. The van der Waals surface area contributed by atoms with E-state index >= 15 is 0 Å². The van der Waals surface area contributed by atoms with Crippen molar-refractivity contribution < 1.29 is 9.18 Å². The van der Waals surface area contributed by atoms with Gasteiger partial charge in [0.05, 0.1) is 5.54 Å². The van der Waals surface area contributed by atoms with Gasteiger partial charge in [-0.05, 0) is 50.9 Å². The van der Waals surface area contributed by atoms with Crippen LogP contribution in [-0.2, 0) is 10.3 Å². The van der Waals surface area contributed by atoms with Gasteiger partial charge in [0, 0.05) is 6.42 Å². The maximum atomic E-state index is 13.2. The lowest BCUT2D eigenvalue weighted by Gasteiger charge is -2.27. The lowest BCUT2D eigenvalue weighted by atomic mass is 9.94. The van der Waals surface area contributed by atoms with E-state index in [0.29, 0.717) is 13.0 Å². The topological polar surface area (TPSA) is 55.1 Å².